The van der Waals surface area contributed by atoms with Crippen molar-refractivity contribution in [3.63, 3.8) is 0 Å². The van der Waals surface area contributed by atoms with E-state index in [4.69, 9.17) is 0 Å². The molecular formula is C11H21N. The lowest BCUT2D eigenvalue weighted by molar-refractivity contribution is 0.293. The zero-order valence-electron chi connectivity index (χ0n) is 8.78. The molecule has 2 aliphatic rings. The topological polar surface area (TPSA) is 12.0 Å². The zero-order chi connectivity index (χ0) is 8.98. The highest BCUT2D eigenvalue weighted by Gasteiger charge is 2.64. The van der Waals surface area contributed by atoms with Crippen LogP contribution in [-0.4, -0.2) is 13.1 Å². The van der Waals surface area contributed by atoms with Crippen molar-refractivity contribution >= 4 is 0 Å². The van der Waals surface area contributed by atoms with Crippen molar-refractivity contribution in [3.8, 4) is 0 Å². The summed E-state index contributed by atoms with van der Waals surface area (Å²) >= 11 is 0. The first-order chi connectivity index (χ1) is 5.46. The Morgan fingerprint density at radius 3 is 1.83 bits per heavy atom. The molecule has 1 saturated heterocycles. The van der Waals surface area contributed by atoms with Crippen LogP contribution in [0.4, 0.5) is 0 Å². The Labute approximate surface area is 75.9 Å². The predicted molar refractivity (Wildman–Crippen MR) is 52.0 cm³/mol. The molecule has 0 atom stereocenters. The molecule has 12 heavy (non-hydrogen) atoms. The number of rotatable bonds is 2. The summed E-state index contributed by atoms with van der Waals surface area (Å²) in [5.41, 5.74) is 1.20. The molecule has 1 aliphatic carbocycles. The van der Waals surface area contributed by atoms with Crippen molar-refractivity contribution in [3.05, 3.63) is 0 Å². The summed E-state index contributed by atoms with van der Waals surface area (Å²) in [4.78, 5) is 0. The van der Waals surface area contributed by atoms with Gasteiger partial charge < -0.3 is 5.32 Å². The molecule has 0 unspecified atom stereocenters. The van der Waals surface area contributed by atoms with Crippen molar-refractivity contribution in [2.24, 2.45) is 22.7 Å². The zero-order valence-corrected chi connectivity index (χ0v) is 8.78. The van der Waals surface area contributed by atoms with Crippen molar-refractivity contribution in [2.75, 3.05) is 13.1 Å². The molecule has 0 amide bonds. The summed E-state index contributed by atoms with van der Waals surface area (Å²) in [6.07, 6.45) is 1.45. The fourth-order valence-corrected chi connectivity index (χ4v) is 2.77. The van der Waals surface area contributed by atoms with E-state index in [2.05, 4.69) is 33.0 Å². The molecular weight excluding hydrogens is 146 g/mol. The smallest absolute Gasteiger partial charge is 0.000815 e. The highest BCUT2D eigenvalue weighted by Crippen LogP contribution is 2.70. The van der Waals surface area contributed by atoms with Gasteiger partial charge in [-0.2, -0.15) is 0 Å². The Balaban J connectivity index is 1.91. The van der Waals surface area contributed by atoms with Gasteiger partial charge >= 0.3 is 0 Å². The van der Waals surface area contributed by atoms with E-state index in [1.54, 1.807) is 0 Å². The van der Waals surface area contributed by atoms with Gasteiger partial charge in [0.15, 0.2) is 0 Å². The third-order valence-electron chi connectivity index (χ3n) is 4.75. The molecule has 1 heterocycles. The van der Waals surface area contributed by atoms with Crippen LogP contribution in [0.5, 0.6) is 0 Å². The predicted octanol–water partition coefficient (Wildman–Crippen LogP) is 2.28. The molecule has 0 aromatic carbocycles. The van der Waals surface area contributed by atoms with E-state index in [9.17, 15) is 0 Å². The van der Waals surface area contributed by atoms with Crippen molar-refractivity contribution in [1.82, 2.24) is 5.32 Å². The monoisotopic (exact) mass is 167 g/mol. The van der Waals surface area contributed by atoms with Gasteiger partial charge in [-0.05, 0) is 42.2 Å². The van der Waals surface area contributed by atoms with Gasteiger partial charge in [0.05, 0.1) is 0 Å². The normalized spacial score (nSPS) is 33.0. The third-order valence-corrected chi connectivity index (χ3v) is 4.75. The SMILES string of the molecule is CC1(C)C(CC2CNC2)C1(C)C. The van der Waals surface area contributed by atoms with Crippen LogP contribution in [0.1, 0.15) is 34.1 Å². The second kappa shape index (κ2) is 2.25. The van der Waals surface area contributed by atoms with Gasteiger partial charge in [-0.3, -0.25) is 0 Å². The first kappa shape index (κ1) is 8.55. The van der Waals surface area contributed by atoms with Crippen LogP contribution in [0.2, 0.25) is 0 Å². The molecule has 1 heteroatoms. The Morgan fingerprint density at radius 2 is 1.58 bits per heavy atom. The first-order valence-electron chi connectivity index (χ1n) is 5.17. The van der Waals surface area contributed by atoms with Crippen LogP contribution in [-0.2, 0) is 0 Å². The second-order valence-electron chi connectivity index (χ2n) is 5.76. The van der Waals surface area contributed by atoms with Gasteiger partial charge in [0, 0.05) is 0 Å². The molecule has 0 spiro atoms. The van der Waals surface area contributed by atoms with Gasteiger partial charge in [-0.15, -0.1) is 0 Å². The van der Waals surface area contributed by atoms with E-state index in [0.717, 1.165) is 11.8 Å². The Bertz CT molecular complexity index is 175. The average Bonchev–Trinajstić information content (AvgIpc) is 2.18. The van der Waals surface area contributed by atoms with Crippen molar-refractivity contribution in [1.29, 1.82) is 0 Å². The lowest BCUT2D eigenvalue weighted by Crippen LogP contribution is -2.42. The molecule has 0 aromatic heterocycles. The standard InChI is InChI=1S/C11H21N/c1-10(2)9(11(10,3)4)5-8-6-12-7-8/h8-9,12H,5-7H2,1-4H3. The Morgan fingerprint density at radius 1 is 1.08 bits per heavy atom. The molecule has 1 aliphatic heterocycles. The fourth-order valence-electron chi connectivity index (χ4n) is 2.77. The van der Waals surface area contributed by atoms with Crippen molar-refractivity contribution < 1.29 is 0 Å². The molecule has 0 aromatic rings. The summed E-state index contributed by atoms with van der Waals surface area (Å²) in [5.74, 6) is 1.95. The van der Waals surface area contributed by atoms with E-state index in [-0.39, 0.29) is 0 Å². The largest absolute Gasteiger partial charge is 0.316 e. The van der Waals surface area contributed by atoms with E-state index >= 15 is 0 Å². The minimum Gasteiger partial charge on any atom is -0.316 e. The summed E-state index contributed by atoms with van der Waals surface area (Å²) in [7, 11) is 0. The van der Waals surface area contributed by atoms with Gasteiger partial charge in [-0.25, -0.2) is 0 Å². The first-order valence-corrected chi connectivity index (χ1v) is 5.17. The van der Waals surface area contributed by atoms with E-state index in [1.807, 2.05) is 0 Å². The minimum absolute atomic E-state index is 0.600. The highest BCUT2D eigenvalue weighted by molar-refractivity contribution is 5.12. The van der Waals surface area contributed by atoms with Crippen LogP contribution in [0.15, 0.2) is 0 Å². The highest BCUT2D eigenvalue weighted by atomic mass is 14.9. The van der Waals surface area contributed by atoms with Crippen LogP contribution in [0.3, 0.4) is 0 Å². The summed E-state index contributed by atoms with van der Waals surface area (Å²) in [6, 6.07) is 0. The second-order valence-corrected chi connectivity index (χ2v) is 5.76. The van der Waals surface area contributed by atoms with Crippen LogP contribution >= 0.6 is 0 Å². The summed E-state index contributed by atoms with van der Waals surface area (Å²) in [5, 5.41) is 3.35. The minimum atomic E-state index is 0.600. The number of hydrogen-bond donors (Lipinski definition) is 1. The van der Waals surface area contributed by atoms with Gasteiger partial charge in [0.1, 0.15) is 0 Å². The summed E-state index contributed by atoms with van der Waals surface area (Å²) in [6.45, 7) is 12.2. The van der Waals surface area contributed by atoms with Crippen molar-refractivity contribution in [2.45, 2.75) is 34.1 Å². The van der Waals surface area contributed by atoms with Gasteiger partial charge in [-0.1, -0.05) is 27.7 Å². The lowest BCUT2D eigenvalue weighted by Gasteiger charge is -2.27. The molecule has 1 saturated carbocycles. The molecule has 0 bridgehead atoms. The third kappa shape index (κ3) is 0.953. The maximum Gasteiger partial charge on any atom is -0.000815 e. The summed E-state index contributed by atoms with van der Waals surface area (Å²) < 4.78 is 0. The van der Waals surface area contributed by atoms with E-state index < -0.39 is 0 Å². The Hall–Kier alpha value is -0.0400. The molecule has 70 valence electrons. The number of hydrogen-bond acceptors (Lipinski definition) is 1. The van der Waals surface area contributed by atoms with Crippen LogP contribution < -0.4 is 5.32 Å². The molecule has 2 rings (SSSR count). The average molecular weight is 167 g/mol. The molecule has 1 N–H and O–H groups in total. The number of nitrogens with one attached hydrogen (secondary N) is 1. The molecule has 0 radical (unpaired) electrons. The maximum absolute atomic E-state index is 3.35. The Kier molecular flexibility index (Phi) is 1.61. The molecule has 1 nitrogen and oxygen atoms in total. The van der Waals surface area contributed by atoms with E-state index in [0.29, 0.717) is 10.8 Å². The fraction of sp³-hybridized carbons (Fsp3) is 1.00. The van der Waals surface area contributed by atoms with Crippen LogP contribution in [0, 0.1) is 22.7 Å². The lowest BCUT2D eigenvalue weighted by atomic mass is 9.93. The molecule has 2 fully saturated rings. The van der Waals surface area contributed by atoms with Crippen LogP contribution in [0.25, 0.3) is 0 Å². The van der Waals surface area contributed by atoms with Gasteiger partial charge in [0.25, 0.3) is 0 Å². The van der Waals surface area contributed by atoms with Gasteiger partial charge in [0.2, 0.25) is 0 Å². The van der Waals surface area contributed by atoms with E-state index in [1.165, 1.54) is 19.5 Å². The quantitative estimate of drug-likeness (QED) is 0.665. The maximum atomic E-state index is 3.35.